The molecule has 1 aromatic heterocycles. The first kappa shape index (κ1) is 10.8. The molecule has 0 aliphatic carbocycles. The standard InChI is InChI=1S/C13H7N2O2/c14-8-10-6-7-12(15-9-10)17-13(16)11-4-2-1-3-5-11/h1-5,7,9H. The van der Waals surface area contributed by atoms with E-state index in [9.17, 15) is 4.79 Å². The number of ether oxygens (including phenoxy) is 1. The number of rotatable bonds is 2. The van der Waals surface area contributed by atoms with Crippen molar-refractivity contribution in [2.75, 3.05) is 0 Å². The number of nitrogens with zero attached hydrogens (tertiary/aromatic N) is 2. The van der Waals surface area contributed by atoms with Crippen LogP contribution >= 0.6 is 0 Å². The summed E-state index contributed by atoms with van der Waals surface area (Å²) >= 11 is 0. The van der Waals surface area contributed by atoms with Gasteiger partial charge in [-0.3, -0.25) is 0 Å². The molecular weight excluding hydrogens is 216 g/mol. The fourth-order valence-electron chi connectivity index (χ4n) is 1.19. The number of benzene rings is 1. The molecule has 0 amide bonds. The molecule has 1 radical (unpaired) electrons. The summed E-state index contributed by atoms with van der Waals surface area (Å²) in [6, 6.07) is 14.5. The molecule has 0 saturated heterocycles. The van der Waals surface area contributed by atoms with Crippen molar-refractivity contribution in [2.45, 2.75) is 0 Å². The molecule has 0 unspecified atom stereocenters. The third kappa shape index (κ3) is 2.67. The Balaban J connectivity index is 2.11. The average Bonchev–Trinajstić information content (AvgIpc) is 2.40. The van der Waals surface area contributed by atoms with Gasteiger partial charge in [0.05, 0.1) is 11.1 Å². The van der Waals surface area contributed by atoms with E-state index in [0.717, 1.165) is 0 Å². The first-order valence-electron chi connectivity index (χ1n) is 4.84. The van der Waals surface area contributed by atoms with E-state index in [2.05, 4.69) is 11.1 Å². The number of nitriles is 1. The lowest BCUT2D eigenvalue weighted by molar-refractivity contribution is 0.0727. The smallest absolute Gasteiger partial charge is 0.344 e. The van der Waals surface area contributed by atoms with Gasteiger partial charge in [0.15, 0.2) is 0 Å². The Morgan fingerprint density at radius 1 is 1.35 bits per heavy atom. The molecule has 81 valence electrons. The van der Waals surface area contributed by atoms with Crippen LogP contribution in [0.4, 0.5) is 0 Å². The van der Waals surface area contributed by atoms with Gasteiger partial charge in [-0.25, -0.2) is 9.78 Å². The molecule has 0 atom stereocenters. The predicted octanol–water partition coefficient (Wildman–Crippen LogP) is 1.97. The first-order chi connectivity index (χ1) is 8.29. The molecule has 0 fully saturated rings. The summed E-state index contributed by atoms with van der Waals surface area (Å²) in [7, 11) is 0. The van der Waals surface area contributed by atoms with E-state index >= 15 is 0 Å². The van der Waals surface area contributed by atoms with Crippen LogP contribution in [0.2, 0.25) is 0 Å². The van der Waals surface area contributed by atoms with Crippen LogP contribution in [0.15, 0.2) is 42.6 Å². The summed E-state index contributed by atoms with van der Waals surface area (Å²) in [4.78, 5) is 15.4. The zero-order valence-corrected chi connectivity index (χ0v) is 8.75. The number of carbonyl (C=O) groups excluding carboxylic acids is 1. The van der Waals surface area contributed by atoms with Crippen LogP contribution in [0.5, 0.6) is 5.88 Å². The normalized spacial score (nSPS) is 9.35. The minimum absolute atomic E-state index is 0.123. The van der Waals surface area contributed by atoms with Crippen molar-refractivity contribution in [3.8, 4) is 11.9 Å². The van der Waals surface area contributed by atoms with E-state index in [1.807, 2.05) is 12.1 Å². The van der Waals surface area contributed by atoms with E-state index < -0.39 is 5.97 Å². The summed E-state index contributed by atoms with van der Waals surface area (Å²) in [5.74, 6) is -0.367. The van der Waals surface area contributed by atoms with E-state index in [0.29, 0.717) is 11.1 Å². The Bertz CT molecular complexity index is 556. The van der Waals surface area contributed by atoms with Crippen molar-refractivity contribution in [1.82, 2.24) is 4.98 Å². The molecule has 2 aromatic rings. The van der Waals surface area contributed by atoms with Crippen molar-refractivity contribution in [3.63, 3.8) is 0 Å². The van der Waals surface area contributed by atoms with Crippen LogP contribution in [0.1, 0.15) is 15.9 Å². The Hall–Kier alpha value is -2.67. The number of pyridine rings is 1. The first-order valence-corrected chi connectivity index (χ1v) is 4.84. The summed E-state index contributed by atoms with van der Waals surface area (Å²) in [5, 5.41) is 8.56. The highest BCUT2D eigenvalue weighted by Gasteiger charge is 2.08. The van der Waals surface area contributed by atoms with E-state index in [1.54, 1.807) is 24.3 Å². The Kier molecular flexibility index (Phi) is 3.13. The predicted molar refractivity (Wildman–Crippen MR) is 59.2 cm³/mol. The molecule has 4 heteroatoms. The zero-order valence-electron chi connectivity index (χ0n) is 8.75. The zero-order chi connectivity index (χ0) is 12.1. The Labute approximate surface area is 98.1 Å². The highest BCUT2D eigenvalue weighted by Crippen LogP contribution is 2.09. The van der Waals surface area contributed by atoms with Gasteiger partial charge in [-0.2, -0.15) is 5.26 Å². The minimum Gasteiger partial charge on any atom is -0.404 e. The lowest BCUT2D eigenvalue weighted by Crippen LogP contribution is -2.09. The maximum Gasteiger partial charge on any atom is 0.344 e. The van der Waals surface area contributed by atoms with Gasteiger partial charge >= 0.3 is 5.97 Å². The van der Waals surface area contributed by atoms with Crippen LogP contribution in [-0.4, -0.2) is 11.0 Å². The van der Waals surface area contributed by atoms with Crippen LogP contribution in [0.25, 0.3) is 0 Å². The fraction of sp³-hybridized carbons (Fsp3) is 0. The second-order valence-corrected chi connectivity index (χ2v) is 3.17. The average molecular weight is 223 g/mol. The number of hydrogen-bond donors (Lipinski definition) is 0. The molecule has 0 saturated carbocycles. The highest BCUT2D eigenvalue weighted by molar-refractivity contribution is 5.90. The van der Waals surface area contributed by atoms with E-state index in [-0.39, 0.29) is 5.88 Å². The van der Waals surface area contributed by atoms with Crippen LogP contribution in [0.3, 0.4) is 0 Å². The number of esters is 1. The molecule has 17 heavy (non-hydrogen) atoms. The molecule has 1 heterocycles. The fourth-order valence-corrected chi connectivity index (χ4v) is 1.19. The van der Waals surface area contributed by atoms with Crippen LogP contribution in [0, 0.1) is 17.4 Å². The second-order valence-electron chi connectivity index (χ2n) is 3.17. The number of aromatic nitrogens is 1. The van der Waals surface area contributed by atoms with E-state index in [4.69, 9.17) is 10.00 Å². The molecule has 0 aliphatic heterocycles. The van der Waals surface area contributed by atoms with Gasteiger partial charge in [-0.05, 0) is 12.1 Å². The monoisotopic (exact) mass is 223 g/mol. The van der Waals surface area contributed by atoms with Crippen molar-refractivity contribution in [3.05, 3.63) is 59.8 Å². The molecular formula is C13H7N2O2. The number of carbonyl (C=O) groups is 1. The van der Waals surface area contributed by atoms with Crippen molar-refractivity contribution in [1.29, 1.82) is 5.26 Å². The maximum atomic E-state index is 11.6. The van der Waals surface area contributed by atoms with Gasteiger partial charge in [0.1, 0.15) is 6.07 Å². The molecule has 0 N–H and O–H groups in total. The molecule has 4 nitrogen and oxygen atoms in total. The summed E-state index contributed by atoms with van der Waals surface area (Å²) in [6.07, 6.45) is 1.30. The van der Waals surface area contributed by atoms with Gasteiger partial charge in [0.25, 0.3) is 0 Å². The van der Waals surface area contributed by atoms with Crippen molar-refractivity contribution < 1.29 is 9.53 Å². The van der Waals surface area contributed by atoms with Crippen LogP contribution < -0.4 is 4.74 Å². The lowest BCUT2D eigenvalue weighted by Gasteiger charge is -2.02. The summed E-state index contributed by atoms with van der Waals surface area (Å²) in [5.41, 5.74) is 0.739. The lowest BCUT2D eigenvalue weighted by atomic mass is 10.2. The summed E-state index contributed by atoms with van der Waals surface area (Å²) in [6.45, 7) is 0. The van der Waals surface area contributed by atoms with Crippen molar-refractivity contribution >= 4 is 5.97 Å². The highest BCUT2D eigenvalue weighted by atomic mass is 16.5. The van der Waals surface area contributed by atoms with Crippen LogP contribution in [-0.2, 0) is 0 Å². The Morgan fingerprint density at radius 3 is 2.71 bits per heavy atom. The molecule has 0 spiro atoms. The maximum absolute atomic E-state index is 11.6. The molecule has 0 bridgehead atoms. The van der Waals surface area contributed by atoms with Gasteiger partial charge in [-0.15, -0.1) is 0 Å². The van der Waals surface area contributed by atoms with E-state index in [1.165, 1.54) is 12.3 Å². The van der Waals surface area contributed by atoms with Gasteiger partial charge in [0, 0.05) is 18.3 Å². The largest absolute Gasteiger partial charge is 0.404 e. The topological polar surface area (TPSA) is 63.0 Å². The number of hydrogen-bond acceptors (Lipinski definition) is 4. The quantitative estimate of drug-likeness (QED) is 0.730. The third-order valence-electron chi connectivity index (χ3n) is 2.00. The second kappa shape index (κ2) is 4.90. The summed E-state index contributed by atoms with van der Waals surface area (Å²) < 4.78 is 5.01. The SMILES string of the molecule is N#Cc1[c]cc(OC(=O)c2ccccc2)nc1. The third-order valence-corrected chi connectivity index (χ3v) is 2.00. The van der Waals surface area contributed by atoms with Gasteiger partial charge in [-0.1, -0.05) is 18.2 Å². The van der Waals surface area contributed by atoms with Crippen molar-refractivity contribution in [2.24, 2.45) is 0 Å². The minimum atomic E-state index is -0.490. The van der Waals surface area contributed by atoms with Gasteiger partial charge < -0.3 is 4.74 Å². The Morgan fingerprint density at radius 2 is 2.12 bits per heavy atom. The molecule has 0 aliphatic rings. The molecule has 1 aromatic carbocycles. The molecule has 2 rings (SSSR count). The van der Waals surface area contributed by atoms with Gasteiger partial charge in [0.2, 0.25) is 5.88 Å².